The van der Waals surface area contributed by atoms with Gasteiger partial charge < -0.3 is 4.98 Å². The first-order valence-corrected chi connectivity index (χ1v) is 7.26. The Morgan fingerprint density at radius 2 is 1.87 bits per heavy atom. The van der Waals surface area contributed by atoms with E-state index in [2.05, 4.69) is 9.97 Å². The number of halogens is 1. The predicted octanol–water partition coefficient (Wildman–Crippen LogP) is 3.37. The molecule has 6 heteroatoms. The molecule has 23 heavy (non-hydrogen) atoms. The van der Waals surface area contributed by atoms with Crippen LogP contribution in [0, 0.1) is 11.3 Å². The zero-order valence-electron chi connectivity index (χ0n) is 11.7. The van der Waals surface area contributed by atoms with Gasteiger partial charge in [0.05, 0.1) is 16.7 Å². The van der Waals surface area contributed by atoms with Crippen molar-refractivity contribution in [1.29, 1.82) is 5.26 Å². The number of aromatic amines is 1. The highest BCUT2D eigenvalue weighted by Crippen LogP contribution is 2.23. The van der Waals surface area contributed by atoms with E-state index in [0.29, 0.717) is 27.6 Å². The zero-order chi connectivity index (χ0) is 16.0. The number of hydrogen-bond acceptors (Lipinski definition) is 3. The van der Waals surface area contributed by atoms with Crippen molar-refractivity contribution in [1.82, 2.24) is 14.4 Å². The van der Waals surface area contributed by atoms with Crippen molar-refractivity contribution >= 4 is 28.4 Å². The second-order valence-corrected chi connectivity index (χ2v) is 5.50. The highest BCUT2D eigenvalue weighted by molar-refractivity contribution is 6.30. The van der Waals surface area contributed by atoms with Gasteiger partial charge in [-0.3, -0.25) is 4.79 Å². The van der Waals surface area contributed by atoms with Crippen molar-refractivity contribution in [2.45, 2.75) is 0 Å². The van der Waals surface area contributed by atoms with Crippen molar-refractivity contribution in [2.24, 2.45) is 0 Å². The van der Waals surface area contributed by atoms with Gasteiger partial charge in [0.1, 0.15) is 11.6 Å². The molecule has 2 aromatic carbocycles. The molecule has 110 valence electrons. The van der Waals surface area contributed by atoms with Crippen LogP contribution in [-0.2, 0) is 0 Å². The Morgan fingerprint density at radius 3 is 2.61 bits per heavy atom. The SMILES string of the molecule is N#Cc1c(-c2ccc(Cl)cc2)nc2[nH]c3ccccc3n2c1=O. The van der Waals surface area contributed by atoms with Gasteiger partial charge in [-0.25, -0.2) is 9.38 Å². The van der Waals surface area contributed by atoms with Crippen LogP contribution in [0.2, 0.25) is 5.02 Å². The molecule has 1 N–H and O–H groups in total. The van der Waals surface area contributed by atoms with E-state index in [1.54, 1.807) is 24.3 Å². The van der Waals surface area contributed by atoms with Gasteiger partial charge in [0, 0.05) is 10.6 Å². The number of para-hydroxylation sites is 2. The Bertz CT molecular complexity index is 1150. The molecule has 2 heterocycles. The summed E-state index contributed by atoms with van der Waals surface area (Å²) in [5.74, 6) is 0.403. The van der Waals surface area contributed by atoms with Crippen LogP contribution in [-0.4, -0.2) is 14.4 Å². The number of nitriles is 1. The Hall–Kier alpha value is -3.10. The summed E-state index contributed by atoms with van der Waals surface area (Å²) in [7, 11) is 0. The van der Waals surface area contributed by atoms with Gasteiger partial charge in [-0.15, -0.1) is 0 Å². The third-order valence-corrected chi connectivity index (χ3v) is 3.96. The highest BCUT2D eigenvalue weighted by atomic mass is 35.5. The topological polar surface area (TPSA) is 73.9 Å². The molecule has 4 rings (SSSR count). The van der Waals surface area contributed by atoms with Gasteiger partial charge in [0.2, 0.25) is 5.78 Å². The molecule has 0 aliphatic heterocycles. The normalized spacial score (nSPS) is 11.0. The molecule has 0 aliphatic rings. The van der Waals surface area contributed by atoms with Gasteiger partial charge in [0.25, 0.3) is 5.56 Å². The van der Waals surface area contributed by atoms with Crippen molar-refractivity contribution in [3.63, 3.8) is 0 Å². The number of fused-ring (bicyclic) bond motifs is 3. The molecule has 0 radical (unpaired) electrons. The van der Waals surface area contributed by atoms with E-state index in [4.69, 9.17) is 11.6 Å². The number of rotatable bonds is 1. The molecule has 0 saturated heterocycles. The number of nitrogens with one attached hydrogen (secondary N) is 1. The minimum absolute atomic E-state index is 0.00887. The van der Waals surface area contributed by atoms with Crippen LogP contribution in [0.4, 0.5) is 0 Å². The number of nitrogens with zero attached hydrogens (tertiary/aromatic N) is 3. The third kappa shape index (κ3) is 2.00. The van der Waals surface area contributed by atoms with E-state index in [-0.39, 0.29) is 11.1 Å². The number of aromatic nitrogens is 3. The quantitative estimate of drug-likeness (QED) is 0.584. The van der Waals surface area contributed by atoms with Crippen LogP contribution in [0.5, 0.6) is 0 Å². The lowest BCUT2D eigenvalue weighted by molar-refractivity contribution is 1.07. The summed E-state index contributed by atoms with van der Waals surface area (Å²) < 4.78 is 1.42. The molecule has 0 unspecified atom stereocenters. The largest absolute Gasteiger partial charge is 0.323 e. The molecule has 0 amide bonds. The second kappa shape index (κ2) is 4.97. The van der Waals surface area contributed by atoms with Gasteiger partial charge in [-0.1, -0.05) is 35.9 Å². The lowest BCUT2D eigenvalue weighted by Gasteiger charge is -2.04. The number of H-pyrrole nitrogens is 1. The fourth-order valence-electron chi connectivity index (χ4n) is 2.64. The molecule has 4 aromatic rings. The van der Waals surface area contributed by atoms with E-state index in [9.17, 15) is 10.1 Å². The maximum atomic E-state index is 12.8. The van der Waals surface area contributed by atoms with Crippen molar-refractivity contribution in [2.75, 3.05) is 0 Å². The van der Waals surface area contributed by atoms with Crippen LogP contribution < -0.4 is 5.56 Å². The Kier molecular flexibility index (Phi) is 2.93. The first kappa shape index (κ1) is 13.6. The van der Waals surface area contributed by atoms with Gasteiger partial charge in [-0.2, -0.15) is 5.26 Å². The average molecular weight is 321 g/mol. The van der Waals surface area contributed by atoms with Crippen LogP contribution in [0.3, 0.4) is 0 Å². The standard InChI is InChI=1S/C17H9ClN4O/c18-11-7-5-10(6-8-11)15-12(9-19)16(23)22-14-4-2-1-3-13(14)20-17(22)21-15/h1-8H,(H,20,21). The molecule has 5 nitrogen and oxygen atoms in total. The summed E-state index contributed by atoms with van der Waals surface area (Å²) >= 11 is 5.90. The van der Waals surface area contributed by atoms with E-state index in [1.807, 2.05) is 30.3 Å². The number of imidazole rings is 1. The Labute approximate surface area is 135 Å². The summed E-state index contributed by atoms with van der Waals surface area (Å²) in [5.41, 5.74) is 2.12. The van der Waals surface area contributed by atoms with Crippen LogP contribution >= 0.6 is 11.6 Å². The highest BCUT2D eigenvalue weighted by Gasteiger charge is 2.17. The van der Waals surface area contributed by atoms with Crippen molar-refractivity contribution in [3.05, 3.63) is 69.5 Å². The maximum Gasteiger partial charge on any atom is 0.278 e. The van der Waals surface area contributed by atoms with Crippen molar-refractivity contribution in [3.8, 4) is 17.3 Å². The Morgan fingerprint density at radius 1 is 1.13 bits per heavy atom. The first-order chi connectivity index (χ1) is 11.2. The minimum Gasteiger partial charge on any atom is -0.323 e. The molecule has 0 fully saturated rings. The molecular weight excluding hydrogens is 312 g/mol. The summed E-state index contributed by atoms with van der Waals surface area (Å²) in [6.45, 7) is 0. The third-order valence-electron chi connectivity index (χ3n) is 3.70. The van der Waals surface area contributed by atoms with Crippen LogP contribution in [0.15, 0.2) is 53.3 Å². The fraction of sp³-hybridized carbons (Fsp3) is 0. The molecule has 0 spiro atoms. The minimum atomic E-state index is -0.389. The van der Waals surface area contributed by atoms with E-state index in [1.165, 1.54) is 4.40 Å². The molecule has 0 bridgehead atoms. The fourth-order valence-corrected chi connectivity index (χ4v) is 2.77. The Balaban J connectivity index is 2.14. The summed E-state index contributed by atoms with van der Waals surface area (Å²) in [6.07, 6.45) is 0. The number of hydrogen-bond donors (Lipinski definition) is 1. The predicted molar refractivity (Wildman–Crippen MR) is 88.5 cm³/mol. The average Bonchev–Trinajstić information content (AvgIpc) is 2.94. The van der Waals surface area contributed by atoms with Crippen LogP contribution in [0.1, 0.15) is 5.56 Å². The van der Waals surface area contributed by atoms with Gasteiger partial charge in [0.15, 0.2) is 0 Å². The lowest BCUT2D eigenvalue weighted by Crippen LogP contribution is -2.18. The smallest absolute Gasteiger partial charge is 0.278 e. The summed E-state index contributed by atoms with van der Waals surface area (Å²) in [4.78, 5) is 20.3. The zero-order valence-corrected chi connectivity index (χ0v) is 12.5. The van der Waals surface area contributed by atoms with Crippen molar-refractivity contribution < 1.29 is 0 Å². The van der Waals surface area contributed by atoms with Gasteiger partial charge >= 0.3 is 0 Å². The summed E-state index contributed by atoms with van der Waals surface area (Å²) in [6, 6.07) is 16.2. The molecule has 0 aliphatic carbocycles. The first-order valence-electron chi connectivity index (χ1n) is 6.88. The van der Waals surface area contributed by atoms with E-state index < -0.39 is 0 Å². The lowest BCUT2D eigenvalue weighted by atomic mass is 10.1. The van der Waals surface area contributed by atoms with Gasteiger partial charge in [-0.05, 0) is 24.3 Å². The van der Waals surface area contributed by atoms with E-state index >= 15 is 0 Å². The molecule has 0 saturated carbocycles. The van der Waals surface area contributed by atoms with E-state index in [0.717, 1.165) is 5.52 Å². The molecule has 0 atom stereocenters. The molecular formula is C17H9ClN4O. The second-order valence-electron chi connectivity index (χ2n) is 5.06. The molecule has 2 aromatic heterocycles. The maximum absolute atomic E-state index is 12.8. The monoisotopic (exact) mass is 320 g/mol. The number of benzene rings is 2. The summed E-state index contributed by atoms with van der Waals surface area (Å²) in [5, 5.41) is 10.0. The van der Waals surface area contributed by atoms with Crippen LogP contribution in [0.25, 0.3) is 28.1 Å².